The van der Waals surface area contributed by atoms with Crippen molar-refractivity contribution in [3.63, 3.8) is 0 Å². The topological polar surface area (TPSA) is 75.4 Å². The molecule has 3 amide bonds. The molecule has 5 heteroatoms. The maximum atomic E-state index is 12.0. The van der Waals surface area contributed by atoms with E-state index in [1.165, 1.54) is 5.56 Å². The zero-order valence-corrected chi connectivity index (χ0v) is 11.5. The van der Waals surface area contributed by atoms with E-state index in [0.717, 1.165) is 6.42 Å². The normalized spacial score (nSPS) is 15.9. The molecule has 0 spiro atoms. The van der Waals surface area contributed by atoms with Crippen LogP contribution < -0.4 is 11.1 Å². The molecule has 1 aliphatic heterocycles. The lowest BCUT2D eigenvalue weighted by Crippen LogP contribution is -2.46. The largest absolute Gasteiger partial charge is 0.369 e. The molecular formula is C15H21N3O2. The highest BCUT2D eigenvalue weighted by atomic mass is 16.2. The molecule has 1 aromatic carbocycles. The number of urea groups is 1. The Morgan fingerprint density at radius 2 is 1.85 bits per heavy atom. The first-order valence-electron chi connectivity index (χ1n) is 7.03. The molecule has 1 saturated heterocycles. The molecule has 0 saturated carbocycles. The average Bonchev–Trinajstić information content (AvgIpc) is 2.48. The van der Waals surface area contributed by atoms with Crippen LogP contribution in [0.15, 0.2) is 30.3 Å². The molecule has 2 rings (SSSR count). The molecule has 1 fully saturated rings. The Bertz CT molecular complexity index is 453. The first kappa shape index (κ1) is 14.4. The third-order valence-electron chi connectivity index (χ3n) is 3.72. The quantitative estimate of drug-likeness (QED) is 0.864. The van der Waals surface area contributed by atoms with Crippen molar-refractivity contribution >= 4 is 11.9 Å². The van der Waals surface area contributed by atoms with Crippen molar-refractivity contribution in [1.82, 2.24) is 10.2 Å². The van der Waals surface area contributed by atoms with Gasteiger partial charge in [-0.2, -0.15) is 0 Å². The lowest BCUT2D eigenvalue weighted by molar-refractivity contribution is -0.123. The van der Waals surface area contributed by atoms with Gasteiger partial charge in [0.15, 0.2) is 0 Å². The Balaban J connectivity index is 1.69. The molecule has 1 aromatic rings. The Kier molecular flexibility index (Phi) is 4.98. The fourth-order valence-corrected chi connectivity index (χ4v) is 2.44. The summed E-state index contributed by atoms with van der Waals surface area (Å²) in [7, 11) is 0. The van der Waals surface area contributed by atoms with E-state index in [1.54, 1.807) is 4.90 Å². The van der Waals surface area contributed by atoms with Crippen LogP contribution in [0.1, 0.15) is 18.4 Å². The zero-order valence-electron chi connectivity index (χ0n) is 11.5. The van der Waals surface area contributed by atoms with Crippen LogP contribution in [-0.2, 0) is 11.2 Å². The molecule has 3 N–H and O–H groups in total. The van der Waals surface area contributed by atoms with Crippen molar-refractivity contribution in [2.75, 3.05) is 19.6 Å². The summed E-state index contributed by atoms with van der Waals surface area (Å²) < 4.78 is 0. The smallest absolute Gasteiger partial charge is 0.317 e. The molecule has 1 aliphatic rings. The van der Waals surface area contributed by atoms with Crippen molar-refractivity contribution in [3.05, 3.63) is 35.9 Å². The Morgan fingerprint density at radius 1 is 1.20 bits per heavy atom. The van der Waals surface area contributed by atoms with Crippen LogP contribution >= 0.6 is 0 Å². The van der Waals surface area contributed by atoms with Crippen molar-refractivity contribution in [1.29, 1.82) is 0 Å². The van der Waals surface area contributed by atoms with E-state index < -0.39 is 0 Å². The number of primary amides is 1. The molecule has 0 aromatic heterocycles. The monoisotopic (exact) mass is 275 g/mol. The first-order valence-corrected chi connectivity index (χ1v) is 7.03. The lowest BCUT2D eigenvalue weighted by atomic mass is 9.96. The van der Waals surface area contributed by atoms with Gasteiger partial charge >= 0.3 is 6.03 Å². The highest BCUT2D eigenvalue weighted by Crippen LogP contribution is 2.16. The number of rotatable bonds is 4. The Morgan fingerprint density at radius 3 is 2.45 bits per heavy atom. The number of carbonyl (C=O) groups is 2. The number of nitrogens with two attached hydrogens (primary N) is 1. The van der Waals surface area contributed by atoms with Crippen molar-refractivity contribution < 1.29 is 9.59 Å². The van der Waals surface area contributed by atoms with E-state index in [1.807, 2.05) is 30.3 Å². The van der Waals surface area contributed by atoms with Crippen LogP contribution in [0.2, 0.25) is 0 Å². The van der Waals surface area contributed by atoms with E-state index in [9.17, 15) is 9.59 Å². The van der Waals surface area contributed by atoms with Gasteiger partial charge in [-0.25, -0.2) is 4.79 Å². The second-order valence-electron chi connectivity index (χ2n) is 5.13. The summed E-state index contributed by atoms with van der Waals surface area (Å²) in [6.45, 7) is 1.83. The standard InChI is InChI=1S/C15H21N3O2/c16-14(19)13-7-10-18(11-8-13)15(20)17-9-6-12-4-2-1-3-5-12/h1-5,13H,6-11H2,(H2,16,19)(H,17,20). The van der Waals surface area contributed by atoms with Crippen LogP contribution in [-0.4, -0.2) is 36.5 Å². The minimum atomic E-state index is -0.255. The number of carbonyl (C=O) groups excluding carboxylic acids is 2. The third kappa shape index (κ3) is 3.98. The minimum Gasteiger partial charge on any atom is -0.369 e. The van der Waals surface area contributed by atoms with E-state index in [-0.39, 0.29) is 17.9 Å². The predicted molar refractivity (Wildman–Crippen MR) is 77.0 cm³/mol. The molecule has 1 heterocycles. The maximum absolute atomic E-state index is 12.0. The first-order chi connectivity index (χ1) is 9.66. The number of piperidine rings is 1. The summed E-state index contributed by atoms with van der Waals surface area (Å²) in [5.41, 5.74) is 6.48. The van der Waals surface area contributed by atoms with Gasteiger partial charge < -0.3 is 16.0 Å². The van der Waals surface area contributed by atoms with Crippen LogP contribution in [0, 0.1) is 5.92 Å². The van der Waals surface area contributed by atoms with Crippen molar-refractivity contribution in [2.45, 2.75) is 19.3 Å². The molecular weight excluding hydrogens is 254 g/mol. The lowest BCUT2D eigenvalue weighted by Gasteiger charge is -2.30. The van der Waals surface area contributed by atoms with Gasteiger partial charge in [-0.05, 0) is 24.8 Å². The van der Waals surface area contributed by atoms with Gasteiger partial charge in [0.25, 0.3) is 0 Å². The number of hydrogen-bond donors (Lipinski definition) is 2. The van der Waals surface area contributed by atoms with Crippen LogP contribution in [0.5, 0.6) is 0 Å². The van der Waals surface area contributed by atoms with Gasteiger partial charge in [0, 0.05) is 25.6 Å². The average molecular weight is 275 g/mol. The van der Waals surface area contributed by atoms with E-state index in [0.29, 0.717) is 32.5 Å². The summed E-state index contributed by atoms with van der Waals surface area (Å²) in [5, 5.41) is 2.92. The second kappa shape index (κ2) is 6.93. The molecule has 20 heavy (non-hydrogen) atoms. The third-order valence-corrected chi connectivity index (χ3v) is 3.72. The van der Waals surface area contributed by atoms with Gasteiger partial charge in [0.1, 0.15) is 0 Å². The summed E-state index contributed by atoms with van der Waals surface area (Å²) in [5.74, 6) is -0.336. The Labute approximate surface area is 119 Å². The molecule has 5 nitrogen and oxygen atoms in total. The fourth-order valence-electron chi connectivity index (χ4n) is 2.44. The van der Waals surface area contributed by atoms with E-state index in [2.05, 4.69) is 5.32 Å². The van der Waals surface area contributed by atoms with Crippen molar-refractivity contribution in [2.24, 2.45) is 11.7 Å². The zero-order chi connectivity index (χ0) is 14.4. The van der Waals surface area contributed by atoms with Gasteiger partial charge in [-0.15, -0.1) is 0 Å². The fraction of sp³-hybridized carbons (Fsp3) is 0.467. The number of likely N-dealkylation sites (tertiary alicyclic amines) is 1. The molecule has 0 radical (unpaired) electrons. The number of nitrogens with zero attached hydrogens (tertiary/aromatic N) is 1. The van der Waals surface area contributed by atoms with Gasteiger partial charge in [0.05, 0.1) is 0 Å². The van der Waals surface area contributed by atoms with E-state index >= 15 is 0 Å². The SMILES string of the molecule is NC(=O)C1CCN(C(=O)NCCc2ccccc2)CC1. The summed E-state index contributed by atoms with van der Waals surface area (Å²) in [6.07, 6.45) is 2.16. The molecule has 0 unspecified atom stereocenters. The Hall–Kier alpha value is -2.04. The van der Waals surface area contributed by atoms with Gasteiger partial charge in [-0.1, -0.05) is 30.3 Å². The molecule has 0 aliphatic carbocycles. The molecule has 0 bridgehead atoms. The van der Waals surface area contributed by atoms with Crippen molar-refractivity contribution in [3.8, 4) is 0 Å². The number of nitrogens with one attached hydrogen (secondary N) is 1. The van der Waals surface area contributed by atoms with Gasteiger partial charge in [0.2, 0.25) is 5.91 Å². The minimum absolute atomic E-state index is 0.0520. The summed E-state index contributed by atoms with van der Waals surface area (Å²) in [4.78, 5) is 24.8. The predicted octanol–water partition coefficient (Wildman–Crippen LogP) is 1.14. The van der Waals surface area contributed by atoms with Gasteiger partial charge in [-0.3, -0.25) is 4.79 Å². The highest BCUT2D eigenvalue weighted by Gasteiger charge is 2.25. The number of hydrogen-bond acceptors (Lipinski definition) is 2. The molecule has 108 valence electrons. The maximum Gasteiger partial charge on any atom is 0.317 e. The number of amides is 3. The van der Waals surface area contributed by atoms with Crippen LogP contribution in [0.4, 0.5) is 4.79 Å². The van der Waals surface area contributed by atoms with E-state index in [4.69, 9.17) is 5.73 Å². The van der Waals surface area contributed by atoms with Crippen LogP contribution in [0.3, 0.4) is 0 Å². The number of benzene rings is 1. The molecule has 0 atom stereocenters. The summed E-state index contributed by atoms with van der Waals surface area (Å²) >= 11 is 0. The second-order valence-corrected chi connectivity index (χ2v) is 5.13. The van der Waals surface area contributed by atoms with Crippen LogP contribution in [0.25, 0.3) is 0 Å². The summed E-state index contributed by atoms with van der Waals surface area (Å²) in [6, 6.07) is 10.0. The highest BCUT2D eigenvalue weighted by molar-refractivity contribution is 5.78.